The monoisotopic (exact) mass is 405 g/mol. The van der Waals surface area contributed by atoms with Crippen LogP contribution in [0.1, 0.15) is 25.3 Å². The first kappa shape index (κ1) is 20.3. The van der Waals surface area contributed by atoms with Crippen molar-refractivity contribution in [3.05, 3.63) is 66.6 Å². The molecule has 0 radical (unpaired) electrons. The van der Waals surface area contributed by atoms with E-state index in [-0.39, 0.29) is 11.9 Å². The van der Waals surface area contributed by atoms with Crippen molar-refractivity contribution in [2.75, 3.05) is 38.0 Å². The van der Waals surface area contributed by atoms with Crippen molar-refractivity contribution in [1.29, 1.82) is 0 Å². The van der Waals surface area contributed by atoms with Crippen LogP contribution in [0.5, 0.6) is 0 Å². The number of nitrogens with one attached hydrogen (secondary N) is 1. The zero-order valence-electron chi connectivity index (χ0n) is 17.2. The predicted molar refractivity (Wildman–Crippen MR) is 116 cm³/mol. The second kappa shape index (κ2) is 9.65. The van der Waals surface area contributed by atoms with Crippen molar-refractivity contribution >= 4 is 11.6 Å². The van der Waals surface area contributed by atoms with Gasteiger partial charge in [0.1, 0.15) is 0 Å². The van der Waals surface area contributed by atoms with Gasteiger partial charge in [0.2, 0.25) is 17.6 Å². The van der Waals surface area contributed by atoms with Crippen molar-refractivity contribution in [1.82, 2.24) is 19.9 Å². The average molecular weight is 406 g/mol. The third-order valence-corrected chi connectivity index (χ3v) is 5.50. The molecule has 0 bridgehead atoms. The third-order valence-electron chi connectivity index (χ3n) is 5.50. The lowest BCUT2D eigenvalue weighted by Gasteiger charge is -2.36. The SMILES string of the molecule is CC(c1nc(-c2ccccc2)no1)N1CCN(CCC(=O)Nc2ccccc2)CC1. The normalized spacial score (nSPS) is 16.3. The van der Waals surface area contributed by atoms with Crippen molar-refractivity contribution in [3.8, 4) is 11.4 Å². The molecule has 1 unspecified atom stereocenters. The Morgan fingerprint density at radius 3 is 2.40 bits per heavy atom. The first-order chi connectivity index (χ1) is 14.7. The van der Waals surface area contributed by atoms with Crippen LogP contribution >= 0.6 is 0 Å². The molecule has 4 rings (SSSR count). The number of benzene rings is 2. The lowest BCUT2D eigenvalue weighted by molar-refractivity contribution is -0.116. The minimum absolute atomic E-state index is 0.0521. The highest BCUT2D eigenvalue weighted by atomic mass is 16.5. The van der Waals surface area contributed by atoms with E-state index in [1.807, 2.05) is 60.7 Å². The second-order valence-corrected chi connectivity index (χ2v) is 7.54. The number of carbonyl (C=O) groups excluding carboxylic acids is 1. The van der Waals surface area contributed by atoms with Crippen LogP contribution in [0.3, 0.4) is 0 Å². The number of rotatable bonds is 7. The molecule has 1 aliphatic heterocycles. The average Bonchev–Trinajstić information content (AvgIpc) is 3.29. The lowest BCUT2D eigenvalue weighted by Crippen LogP contribution is -2.47. The van der Waals surface area contributed by atoms with E-state index in [0.29, 0.717) is 18.1 Å². The van der Waals surface area contributed by atoms with E-state index in [2.05, 4.69) is 32.2 Å². The van der Waals surface area contributed by atoms with Crippen LogP contribution in [0.25, 0.3) is 11.4 Å². The van der Waals surface area contributed by atoms with E-state index < -0.39 is 0 Å². The highest BCUT2D eigenvalue weighted by molar-refractivity contribution is 5.90. The molecule has 0 spiro atoms. The van der Waals surface area contributed by atoms with E-state index in [1.54, 1.807) is 0 Å². The van der Waals surface area contributed by atoms with Gasteiger partial charge in [-0.1, -0.05) is 53.7 Å². The van der Waals surface area contributed by atoms with Crippen LogP contribution < -0.4 is 5.32 Å². The summed E-state index contributed by atoms with van der Waals surface area (Å²) in [6.07, 6.45) is 0.495. The Hall–Kier alpha value is -3.03. The highest BCUT2D eigenvalue weighted by Crippen LogP contribution is 2.23. The maximum atomic E-state index is 12.2. The summed E-state index contributed by atoms with van der Waals surface area (Å²) in [5.74, 6) is 1.32. The smallest absolute Gasteiger partial charge is 0.244 e. The summed E-state index contributed by atoms with van der Waals surface area (Å²) >= 11 is 0. The van der Waals surface area contributed by atoms with Crippen LogP contribution in [0.4, 0.5) is 5.69 Å². The number of amides is 1. The first-order valence-electron chi connectivity index (χ1n) is 10.4. The highest BCUT2D eigenvalue weighted by Gasteiger charge is 2.26. The quantitative estimate of drug-likeness (QED) is 0.649. The molecule has 7 nitrogen and oxygen atoms in total. The van der Waals surface area contributed by atoms with Crippen LogP contribution in [0.15, 0.2) is 65.2 Å². The van der Waals surface area contributed by atoms with E-state index in [0.717, 1.165) is 44.0 Å². The molecular weight excluding hydrogens is 378 g/mol. The summed E-state index contributed by atoms with van der Waals surface area (Å²) in [5, 5.41) is 7.08. The number of para-hydroxylation sites is 1. The van der Waals surface area contributed by atoms with Gasteiger partial charge >= 0.3 is 0 Å². The fourth-order valence-electron chi connectivity index (χ4n) is 3.64. The molecular formula is C23H27N5O2. The molecule has 1 aromatic heterocycles. The Balaban J connectivity index is 1.23. The predicted octanol–water partition coefficient (Wildman–Crippen LogP) is 3.44. The Kier molecular flexibility index (Phi) is 6.51. The van der Waals surface area contributed by atoms with E-state index >= 15 is 0 Å². The fourth-order valence-corrected chi connectivity index (χ4v) is 3.64. The standard InChI is InChI=1S/C23H27N5O2/c1-18(23-25-22(26-30-23)19-8-4-2-5-9-19)28-16-14-27(15-17-28)13-12-21(29)24-20-10-6-3-7-11-20/h2-11,18H,12-17H2,1H3,(H,24,29). The summed E-state index contributed by atoms with van der Waals surface area (Å²) in [6.45, 7) is 6.52. The van der Waals surface area contributed by atoms with Crippen molar-refractivity contribution in [2.45, 2.75) is 19.4 Å². The van der Waals surface area contributed by atoms with Gasteiger partial charge in [-0.2, -0.15) is 4.98 Å². The Morgan fingerprint density at radius 2 is 1.70 bits per heavy atom. The molecule has 0 saturated carbocycles. The zero-order chi connectivity index (χ0) is 20.8. The lowest BCUT2D eigenvalue weighted by atomic mass is 10.2. The number of hydrogen-bond donors (Lipinski definition) is 1. The van der Waals surface area contributed by atoms with Crippen molar-refractivity contribution in [2.24, 2.45) is 0 Å². The van der Waals surface area contributed by atoms with E-state index in [9.17, 15) is 4.79 Å². The summed E-state index contributed by atoms with van der Waals surface area (Å²) in [5.41, 5.74) is 1.80. The Morgan fingerprint density at radius 1 is 1.03 bits per heavy atom. The number of nitrogens with zero attached hydrogens (tertiary/aromatic N) is 4. The number of carbonyl (C=O) groups is 1. The molecule has 1 fully saturated rings. The third kappa shape index (κ3) is 5.11. The minimum atomic E-state index is 0.0521. The summed E-state index contributed by atoms with van der Waals surface area (Å²) in [4.78, 5) is 21.4. The zero-order valence-corrected chi connectivity index (χ0v) is 17.2. The summed E-state index contributed by atoms with van der Waals surface area (Å²) in [6, 6.07) is 19.5. The van der Waals surface area contributed by atoms with Gasteiger partial charge in [0.05, 0.1) is 6.04 Å². The number of anilines is 1. The number of aromatic nitrogens is 2. The first-order valence-corrected chi connectivity index (χ1v) is 10.4. The largest absolute Gasteiger partial charge is 0.337 e. The minimum Gasteiger partial charge on any atom is -0.337 e. The molecule has 3 aromatic rings. The molecule has 1 N–H and O–H groups in total. The van der Waals surface area contributed by atoms with E-state index in [1.165, 1.54) is 0 Å². The van der Waals surface area contributed by atoms with Gasteiger partial charge in [-0.25, -0.2) is 0 Å². The molecule has 1 saturated heterocycles. The fraction of sp³-hybridized carbons (Fsp3) is 0.348. The van der Waals surface area contributed by atoms with Gasteiger partial charge in [0.25, 0.3) is 0 Å². The van der Waals surface area contributed by atoms with Gasteiger partial charge in [0.15, 0.2) is 0 Å². The van der Waals surface area contributed by atoms with Gasteiger partial charge in [-0.15, -0.1) is 0 Å². The van der Waals surface area contributed by atoms with Gasteiger partial charge in [-0.05, 0) is 19.1 Å². The molecule has 30 heavy (non-hydrogen) atoms. The topological polar surface area (TPSA) is 74.5 Å². The molecule has 156 valence electrons. The maximum Gasteiger partial charge on any atom is 0.244 e. The summed E-state index contributed by atoms with van der Waals surface area (Å²) in [7, 11) is 0. The van der Waals surface area contributed by atoms with Gasteiger partial charge < -0.3 is 14.7 Å². The molecule has 0 aliphatic carbocycles. The summed E-state index contributed by atoms with van der Waals surface area (Å²) < 4.78 is 5.53. The molecule has 7 heteroatoms. The Labute approximate surface area is 176 Å². The van der Waals surface area contributed by atoms with Crippen molar-refractivity contribution in [3.63, 3.8) is 0 Å². The number of hydrogen-bond acceptors (Lipinski definition) is 6. The van der Waals surface area contributed by atoms with Crippen LogP contribution in [-0.2, 0) is 4.79 Å². The molecule has 1 aliphatic rings. The van der Waals surface area contributed by atoms with Crippen LogP contribution in [0, 0.1) is 0 Å². The van der Waals surface area contributed by atoms with Crippen LogP contribution in [0.2, 0.25) is 0 Å². The second-order valence-electron chi connectivity index (χ2n) is 7.54. The molecule has 2 heterocycles. The van der Waals surface area contributed by atoms with Gasteiger partial charge in [-0.3, -0.25) is 9.69 Å². The van der Waals surface area contributed by atoms with Crippen molar-refractivity contribution < 1.29 is 9.32 Å². The number of piperazine rings is 1. The molecule has 1 amide bonds. The molecule has 2 aromatic carbocycles. The van der Waals surface area contributed by atoms with Gasteiger partial charge in [0, 0.05) is 50.4 Å². The Bertz CT molecular complexity index is 936. The maximum absolute atomic E-state index is 12.2. The van der Waals surface area contributed by atoms with Crippen LogP contribution in [-0.4, -0.2) is 58.6 Å². The van der Waals surface area contributed by atoms with E-state index in [4.69, 9.17) is 4.52 Å². The molecule has 1 atom stereocenters.